The summed E-state index contributed by atoms with van der Waals surface area (Å²) >= 11 is 5.29. The number of anilines is 2. The maximum atomic E-state index is 5.29. The van der Waals surface area contributed by atoms with Crippen molar-refractivity contribution in [3.05, 3.63) is 54.1 Å². The molecule has 0 saturated carbocycles. The van der Waals surface area contributed by atoms with Crippen LogP contribution in [0, 0.1) is 0 Å². The van der Waals surface area contributed by atoms with Gasteiger partial charge in [-0.3, -0.25) is 0 Å². The van der Waals surface area contributed by atoms with Crippen molar-refractivity contribution in [3.8, 4) is 5.75 Å². The molecule has 2 N–H and O–H groups in total. The van der Waals surface area contributed by atoms with Gasteiger partial charge >= 0.3 is 0 Å². The Kier molecular flexibility index (Phi) is 4.36. The molecule has 2 aromatic rings. The van der Waals surface area contributed by atoms with Crippen LogP contribution < -0.4 is 15.4 Å². The first-order chi connectivity index (χ1) is 9.24. The number of hydrogen-bond donors (Lipinski definition) is 2. The van der Waals surface area contributed by atoms with Crippen LogP contribution in [0.1, 0.15) is 5.56 Å². The lowest BCUT2D eigenvalue weighted by atomic mass is 10.1. The van der Waals surface area contributed by atoms with Crippen LogP contribution in [0.15, 0.2) is 48.5 Å². The quantitative estimate of drug-likeness (QED) is 0.836. The summed E-state index contributed by atoms with van der Waals surface area (Å²) in [6.07, 6.45) is 0. The highest BCUT2D eigenvalue weighted by Gasteiger charge is 2.05. The predicted octanol–water partition coefficient (Wildman–Crippen LogP) is 3.33. The molecule has 0 atom stereocenters. The van der Waals surface area contributed by atoms with E-state index in [-0.39, 0.29) is 0 Å². The molecule has 2 aromatic carbocycles. The van der Waals surface area contributed by atoms with Crippen LogP contribution in [0.3, 0.4) is 0 Å². The van der Waals surface area contributed by atoms with Crippen LogP contribution in [0.2, 0.25) is 0 Å². The number of para-hydroxylation sites is 1. The average Bonchev–Trinajstić information content (AvgIpc) is 2.48. The molecule has 4 heteroatoms. The minimum absolute atomic E-state index is 0.719. The summed E-state index contributed by atoms with van der Waals surface area (Å²) in [5.41, 5.74) is 2.95. The van der Waals surface area contributed by atoms with Gasteiger partial charge in [-0.2, -0.15) is 0 Å². The van der Waals surface area contributed by atoms with Gasteiger partial charge in [0.25, 0.3) is 0 Å². The minimum Gasteiger partial charge on any atom is -0.497 e. The molecule has 0 aromatic heterocycles. The fourth-order valence-electron chi connectivity index (χ4n) is 1.75. The molecular weight excluding hydrogens is 256 g/mol. The van der Waals surface area contributed by atoms with Crippen LogP contribution in [-0.2, 0) is 0 Å². The molecule has 0 aliphatic rings. The number of methoxy groups -OCH3 is 1. The van der Waals surface area contributed by atoms with E-state index in [1.54, 1.807) is 7.11 Å². The van der Waals surface area contributed by atoms with Crippen LogP contribution >= 0.6 is 12.2 Å². The Morgan fingerprint density at radius 3 is 2.37 bits per heavy atom. The lowest BCUT2D eigenvalue weighted by molar-refractivity contribution is 0.415. The molecule has 0 unspecified atom stereocenters. The highest BCUT2D eigenvalue weighted by atomic mass is 32.1. The minimum atomic E-state index is 0.719. The van der Waals surface area contributed by atoms with Gasteiger partial charge in [0, 0.05) is 24.0 Å². The second-order valence-electron chi connectivity index (χ2n) is 3.98. The van der Waals surface area contributed by atoms with Crippen molar-refractivity contribution in [2.24, 2.45) is 0 Å². The van der Waals surface area contributed by atoms with Crippen molar-refractivity contribution in [3.63, 3.8) is 0 Å². The molecular formula is C15H16N2OS. The standard InChI is InChI=1S/C15H16N2OS/c1-16-15(19)13-5-3-4-6-14(13)17-11-7-9-12(18-2)10-8-11/h3-10,17H,1-2H3,(H,16,19). The van der Waals surface area contributed by atoms with E-state index in [0.717, 1.165) is 27.7 Å². The molecule has 2 rings (SSSR count). The Hall–Kier alpha value is -2.07. The molecule has 0 fully saturated rings. The van der Waals surface area contributed by atoms with E-state index in [2.05, 4.69) is 10.6 Å². The first-order valence-corrected chi connectivity index (χ1v) is 6.37. The van der Waals surface area contributed by atoms with Crippen molar-refractivity contribution in [1.82, 2.24) is 5.32 Å². The van der Waals surface area contributed by atoms with Crippen molar-refractivity contribution >= 4 is 28.6 Å². The second-order valence-corrected chi connectivity index (χ2v) is 4.39. The van der Waals surface area contributed by atoms with E-state index >= 15 is 0 Å². The zero-order valence-corrected chi connectivity index (χ0v) is 11.8. The summed E-state index contributed by atoms with van der Waals surface area (Å²) in [7, 11) is 3.48. The molecule has 0 aliphatic heterocycles. The van der Waals surface area contributed by atoms with Gasteiger partial charge in [-0.1, -0.05) is 24.4 Å². The van der Waals surface area contributed by atoms with E-state index in [4.69, 9.17) is 17.0 Å². The maximum Gasteiger partial charge on any atom is 0.119 e. The van der Waals surface area contributed by atoms with Gasteiger partial charge in [-0.25, -0.2) is 0 Å². The van der Waals surface area contributed by atoms with Gasteiger partial charge in [0.15, 0.2) is 0 Å². The predicted molar refractivity (Wildman–Crippen MR) is 83.5 cm³/mol. The smallest absolute Gasteiger partial charge is 0.119 e. The summed E-state index contributed by atoms with van der Waals surface area (Å²) in [6.45, 7) is 0. The van der Waals surface area contributed by atoms with Crippen molar-refractivity contribution in [1.29, 1.82) is 0 Å². The zero-order valence-electron chi connectivity index (χ0n) is 10.9. The van der Waals surface area contributed by atoms with Gasteiger partial charge in [0.05, 0.1) is 7.11 Å². The first kappa shape index (κ1) is 13.4. The average molecular weight is 272 g/mol. The Morgan fingerprint density at radius 1 is 1.05 bits per heavy atom. The number of hydrogen-bond acceptors (Lipinski definition) is 3. The Bertz CT molecular complexity index is 567. The number of thiocarbonyl (C=S) groups is 1. The third-order valence-electron chi connectivity index (χ3n) is 2.77. The Balaban J connectivity index is 2.25. The van der Waals surface area contributed by atoms with Gasteiger partial charge in [0.2, 0.25) is 0 Å². The molecule has 3 nitrogen and oxygen atoms in total. The number of rotatable bonds is 4. The fraction of sp³-hybridized carbons (Fsp3) is 0.133. The summed E-state index contributed by atoms with van der Waals surface area (Å²) in [5.74, 6) is 0.838. The summed E-state index contributed by atoms with van der Waals surface area (Å²) in [6, 6.07) is 15.7. The highest BCUT2D eigenvalue weighted by Crippen LogP contribution is 2.23. The number of benzene rings is 2. The summed E-state index contributed by atoms with van der Waals surface area (Å²) in [5, 5.41) is 6.35. The van der Waals surface area contributed by atoms with Gasteiger partial charge in [-0.05, 0) is 36.4 Å². The van der Waals surface area contributed by atoms with E-state index < -0.39 is 0 Å². The maximum absolute atomic E-state index is 5.29. The van der Waals surface area contributed by atoms with Gasteiger partial charge < -0.3 is 15.4 Å². The molecule has 0 amide bonds. The third-order valence-corrected chi connectivity index (χ3v) is 3.19. The molecule has 0 saturated heterocycles. The van der Waals surface area contributed by atoms with Crippen molar-refractivity contribution < 1.29 is 4.74 Å². The molecule has 98 valence electrons. The molecule has 0 heterocycles. The second kappa shape index (κ2) is 6.20. The molecule has 0 aliphatic carbocycles. The molecule has 19 heavy (non-hydrogen) atoms. The molecule has 0 radical (unpaired) electrons. The van der Waals surface area contributed by atoms with E-state index in [1.807, 2.05) is 55.6 Å². The van der Waals surface area contributed by atoms with Gasteiger partial charge in [-0.15, -0.1) is 0 Å². The Labute approximate surface area is 118 Å². The molecule has 0 spiro atoms. The molecule has 0 bridgehead atoms. The van der Waals surface area contributed by atoms with E-state index in [1.165, 1.54) is 0 Å². The van der Waals surface area contributed by atoms with Gasteiger partial charge in [0.1, 0.15) is 10.7 Å². The first-order valence-electron chi connectivity index (χ1n) is 5.97. The van der Waals surface area contributed by atoms with Crippen LogP contribution in [0.25, 0.3) is 0 Å². The third kappa shape index (κ3) is 3.23. The lowest BCUT2D eigenvalue weighted by Crippen LogP contribution is -2.17. The Morgan fingerprint density at radius 2 is 1.74 bits per heavy atom. The monoisotopic (exact) mass is 272 g/mol. The van der Waals surface area contributed by atoms with Crippen molar-refractivity contribution in [2.45, 2.75) is 0 Å². The van der Waals surface area contributed by atoms with Crippen LogP contribution in [0.4, 0.5) is 11.4 Å². The summed E-state index contributed by atoms with van der Waals surface area (Å²) in [4.78, 5) is 0.719. The largest absolute Gasteiger partial charge is 0.497 e. The van der Waals surface area contributed by atoms with Crippen molar-refractivity contribution in [2.75, 3.05) is 19.5 Å². The SMILES string of the molecule is CNC(=S)c1ccccc1Nc1ccc(OC)cc1. The topological polar surface area (TPSA) is 33.3 Å². The van der Waals surface area contributed by atoms with Crippen LogP contribution in [-0.4, -0.2) is 19.1 Å². The number of ether oxygens (including phenoxy) is 1. The summed E-state index contributed by atoms with van der Waals surface area (Å²) < 4.78 is 5.14. The normalized spacial score (nSPS) is 9.79. The highest BCUT2D eigenvalue weighted by molar-refractivity contribution is 7.80. The van der Waals surface area contributed by atoms with Crippen LogP contribution in [0.5, 0.6) is 5.75 Å². The van der Waals surface area contributed by atoms with E-state index in [0.29, 0.717) is 0 Å². The zero-order chi connectivity index (χ0) is 13.7. The van der Waals surface area contributed by atoms with E-state index in [9.17, 15) is 0 Å². The number of nitrogens with one attached hydrogen (secondary N) is 2. The fourth-order valence-corrected chi connectivity index (χ4v) is 1.93. The lowest BCUT2D eigenvalue weighted by Gasteiger charge is -2.13.